The highest BCUT2D eigenvalue weighted by molar-refractivity contribution is 5.16. The average Bonchev–Trinajstić information content (AvgIpc) is 2.26. The third-order valence-electron chi connectivity index (χ3n) is 2.82. The Balaban J connectivity index is 2.36. The second kappa shape index (κ2) is 7.41. The van der Waals surface area contributed by atoms with Crippen molar-refractivity contribution < 1.29 is 4.39 Å². The molecule has 0 saturated heterocycles. The van der Waals surface area contributed by atoms with Crippen LogP contribution in [0.1, 0.15) is 31.7 Å². The zero-order chi connectivity index (χ0) is 12.7. The fourth-order valence-corrected chi connectivity index (χ4v) is 1.97. The van der Waals surface area contributed by atoms with Crippen LogP contribution in [0.2, 0.25) is 0 Å². The normalized spacial score (nSPS) is 13.0. The molecule has 17 heavy (non-hydrogen) atoms. The highest BCUT2D eigenvalue weighted by atomic mass is 19.1. The van der Waals surface area contributed by atoms with E-state index in [9.17, 15) is 4.39 Å². The molecule has 0 aliphatic heterocycles. The lowest BCUT2D eigenvalue weighted by Crippen LogP contribution is -2.34. The Morgan fingerprint density at radius 1 is 1.41 bits per heavy atom. The molecule has 0 saturated carbocycles. The minimum atomic E-state index is -0.175. The Kier molecular flexibility index (Phi) is 6.16. The molecule has 0 fully saturated rings. The average molecular weight is 238 g/mol. The van der Waals surface area contributed by atoms with E-state index < -0.39 is 0 Å². The summed E-state index contributed by atoms with van der Waals surface area (Å²) >= 11 is 0. The SMILES string of the molecule is CCCCC(N)CN(C)Cc1cccc(F)c1. The molecule has 0 aromatic heterocycles. The quantitative estimate of drug-likeness (QED) is 0.791. The summed E-state index contributed by atoms with van der Waals surface area (Å²) in [6, 6.07) is 6.95. The summed E-state index contributed by atoms with van der Waals surface area (Å²) < 4.78 is 13.0. The van der Waals surface area contributed by atoms with Gasteiger partial charge in [-0.05, 0) is 31.2 Å². The van der Waals surface area contributed by atoms with Crippen LogP contribution >= 0.6 is 0 Å². The molecule has 2 nitrogen and oxygen atoms in total. The second-order valence-electron chi connectivity index (χ2n) is 4.73. The van der Waals surface area contributed by atoms with Crippen molar-refractivity contribution in [1.29, 1.82) is 0 Å². The van der Waals surface area contributed by atoms with Crippen molar-refractivity contribution in [2.24, 2.45) is 5.73 Å². The van der Waals surface area contributed by atoms with E-state index in [4.69, 9.17) is 5.73 Å². The first kappa shape index (κ1) is 14.1. The molecular formula is C14H23FN2. The van der Waals surface area contributed by atoms with Gasteiger partial charge in [-0.3, -0.25) is 0 Å². The number of nitrogens with zero attached hydrogens (tertiary/aromatic N) is 1. The van der Waals surface area contributed by atoms with E-state index in [-0.39, 0.29) is 11.9 Å². The zero-order valence-corrected chi connectivity index (χ0v) is 10.8. The molecule has 0 aliphatic carbocycles. The molecule has 2 N–H and O–H groups in total. The molecule has 3 heteroatoms. The maximum absolute atomic E-state index is 13.0. The highest BCUT2D eigenvalue weighted by Gasteiger charge is 2.07. The molecule has 0 heterocycles. The van der Waals surface area contributed by atoms with Gasteiger partial charge in [-0.1, -0.05) is 31.9 Å². The van der Waals surface area contributed by atoms with Crippen molar-refractivity contribution in [3.8, 4) is 0 Å². The summed E-state index contributed by atoms with van der Waals surface area (Å²) in [5.74, 6) is -0.175. The standard InChI is InChI=1S/C14H23FN2/c1-3-4-8-14(16)11-17(2)10-12-6-5-7-13(15)9-12/h5-7,9,14H,3-4,8,10-11,16H2,1-2H3. The smallest absolute Gasteiger partial charge is 0.123 e. The van der Waals surface area contributed by atoms with Crippen molar-refractivity contribution in [2.75, 3.05) is 13.6 Å². The van der Waals surface area contributed by atoms with Gasteiger partial charge in [0.15, 0.2) is 0 Å². The van der Waals surface area contributed by atoms with Crippen molar-refractivity contribution in [2.45, 2.75) is 38.8 Å². The first-order valence-corrected chi connectivity index (χ1v) is 6.30. The summed E-state index contributed by atoms with van der Waals surface area (Å²) in [6.07, 6.45) is 3.42. The van der Waals surface area contributed by atoms with Crippen LogP contribution in [0.25, 0.3) is 0 Å². The van der Waals surface area contributed by atoms with E-state index >= 15 is 0 Å². The number of hydrogen-bond acceptors (Lipinski definition) is 2. The minimum Gasteiger partial charge on any atom is -0.327 e. The maximum Gasteiger partial charge on any atom is 0.123 e. The Morgan fingerprint density at radius 2 is 2.18 bits per heavy atom. The molecule has 0 radical (unpaired) electrons. The zero-order valence-electron chi connectivity index (χ0n) is 10.8. The van der Waals surface area contributed by atoms with Gasteiger partial charge in [-0.15, -0.1) is 0 Å². The van der Waals surface area contributed by atoms with Crippen molar-refractivity contribution in [3.05, 3.63) is 35.6 Å². The highest BCUT2D eigenvalue weighted by Crippen LogP contribution is 2.07. The van der Waals surface area contributed by atoms with Crippen LogP contribution in [0, 0.1) is 5.82 Å². The van der Waals surface area contributed by atoms with E-state index in [1.165, 1.54) is 18.9 Å². The molecule has 1 unspecified atom stereocenters. The van der Waals surface area contributed by atoms with Crippen molar-refractivity contribution in [1.82, 2.24) is 4.90 Å². The third-order valence-corrected chi connectivity index (χ3v) is 2.82. The summed E-state index contributed by atoms with van der Waals surface area (Å²) in [6.45, 7) is 3.78. The van der Waals surface area contributed by atoms with E-state index in [2.05, 4.69) is 11.8 Å². The summed E-state index contributed by atoms with van der Waals surface area (Å²) in [5, 5.41) is 0. The number of benzene rings is 1. The molecule has 0 spiro atoms. The van der Waals surface area contributed by atoms with Gasteiger partial charge in [-0.2, -0.15) is 0 Å². The van der Waals surface area contributed by atoms with Crippen LogP contribution < -0.4 is 5.73 Å². The molecule has 0 amide bonds. The Hall–Kier alpha value is -0.930. The van der Waals surface area contributed by atoms with Crippen molar-refractivity contribution in [3.63, 3.8) is 0 Å². The predicted molar refractivity (Wildman–Crippen MR) is 70.2 cm³/mol. The summed E-state index contributed by atoms with van der Waals surface area (Å²) in [4.78, 5) is 2.15. The molecule has 1 aromatic rings. The van der Waals surface area contributed by atoms with E-state index in [0.717, 1.165) is 25.1 Å². The number of hydrogen-bond donors (Lipinski definition) is 1. The van der Waals surface area contributed by atoms with E-state index in [0.29, 0.717) is 0 Å². The van der Waals surface area contributed by atoms with Crippen LogP contribution in [0.4, 0.5) is 4.39 Å². The van der Waals surface area contributed by atoms with Gasteiger partial charge < -0.3 is 10.6 Å². The van der Waals surface area contributed by atoms with Gasteiger partial charge in [0, 0.05) is 19.1 Å². The fourth-order valence-electron chi connectivity index (χ4n) is 1.97. The first-order valence-electron chi connectivity index (χ1n) is 6.30. The second-order valence-corrected chi connectivity index (χ2v) is 4.73. The lowest BCUT2D eigenvalue weighted by Gasteiger charge is -2.21. The molecule has 96 valence electrons. The van der Waals surface area contributed by atoms with E-state index in [1.807, 2.05) is 13.1 Å². The number of unbranched alkanes of at least 4 members (excludes halogenated alkanes) is 1. The van der Waals surface area contributed by atoms with Gasteiger partial charge in [-0.25, -0.2) is 4.39 Å². The number of rotatable bonds is 7. The summed E-state index contributed by atoms with van der Waals surface area (Å²) in [7, 11) is 2.02. The van der Waals surface area contributed by atoms with Crippen LogP contribution in [-0.4, -0.2) is 24.5 Å². The lowest BCUT2D eigenvalue weighted by atomic mass is 10.1. The summed E-state index contributed by atoms with van der Waals surface area (Å²) in [5.41, 5.74) is 7.02. The maximum atomic E-state index is 13.0. The topological polar surface area (TPSA) is 29.3 Å². The molecule has 0 aliphatic rings. The van der Waals surface area contributed by atoms with Crippen LogP contribution in [-0.2, 0) is 6.54 Å². The number of nitrogens with two attached hydrogens (primary N) is 1. The van der Waals surface area contributed by atoms with Gasteiger partial charge in [0.05, 0.1) is 0 Å². The molecule has 1 atom stereocenters. The monoisotopic (exact) mass is 238 g/mol. The van der Waals surface area contributed by atoms with Gasteiger partial charge in [0.25, 0.3) is 0 Å². The lowest BCUT2D eigenvalue weighted by molar-refractivity contribution is 0.295. The molecule has 1 rings (SSSR count). The van der Waals surface area contributed by atoms with Gasteiger partial charge in [0.1, 0.15) is 5.82 Å². The molecule has 1 aromatic carbocycles. The van der Waals surface area contributed by atoms with Crippen molar-refractivity contribution >= 4 is 0 Å². The largest absolute Gasteiger partial charge is 0.327 e. The van der Waals surface area contributed by atoms with Crippen LogP contribution in [0.15, 0.2) is 24.3 Å². The van der Waals surface area contributed by atoms with Crippen LogP contribution in [0.3, 0.4) is 0 Å². The number of likely N-dealkylation sites (N-methyl/N-ethyl adjacent to an activating group) is 1. The molecular weight excluding hydrogens is 215 g/mol. The predicted octanol–water partition coefficient (Wildman–Crippen LogP) is 2.78. The first-order chi connectivity index (χ1) is 8.11. The van der Waals surface area contributed by atoms with Gasteiger partial charge in [0.2, 0.25) is 0 Å². The number of halogens is 1. The fraction of sp³-hybridized carbons (Fsp3) is 0.571. The molecule has 0 bridgehead atoms. The third kappa shape index (κ3) is 5.80. The Morgan fingerprint density at radius 3 is 2.82 bits per heavy atom. The Bertz CT molecular complexity index is 328. The van der Waals surface area contributed by atoms with Crippen LogP contribution in [0.5, 0.6) is 0 Å². The Labute approximate surface area is 104 Å². The van der Waals surface area contributed by atoms with Gasteiger partial charge >= 0.3 is 0 Å². The minimum absolute atomic E-state index is 0.175. The van der Waals surface area contributed by atoms with E-state index in [1.54, 1.807) is 12.1 Å².